The summed E-state index contributed by atoms with van der Waals surface area (Å²) in [5, 5.41) is 13.0. The Labute approximate surface area is 135 Å². The van der Waals surface area contributed by atoms with Gasteiger partial charge >= 0.3 is 0 Å². The molecule has 0 fully saturated rings. The molecule has 1 amide bonds. The number of aromatic hydroxyl groups is 1. The number of phenolic OH excluding ortho intramolecular Hbond substituents is 1. The van der Waals surface area contributed by atoms with Crippen LogP contribution in [0.5, 0.6) is 5.75 Å². The van der Waals surface area contributed by atoms with Crippen molar-refractivity contribution in [2.75, 3.05) is 6.54 Å². The first-order chi connectivity index (χ1) is 11.2. The molecule has 2 heterocycles. The number of hydrogen-bond acceptors (Lipinski definition) is 3. The van der Waals surface area contributed by atoms with Crippen LogP contribution >= 0.6 is 0 Å². The van der Waals surface area contributed by atoms with Gasteiger partial charge in [0.15, 0.2) is 0 Å². The molecule has 0 saturated heterocycles. The maximum absolute atomic E-state index is 12.9. The Morgan fingerprint density at radius 2 is 1.91 bits per heavy atom. The summed E-state index contributed by atoms with van der Waals surface area (Å²) >= 11 is 0. The molecular weight excluding hydrogens is 288 g/mol. The van der Waals surface area contributed by atoms with Gasteiger partial charge in [-0.2, -0.15) is 0 Å². The highest BCUT2D eigenvalue weighted by atomic mass is 16.3. The van der Waals surface area contributed by atoms with E-state index in [4.69, 9.17) is 0 Å². The second kappa shape index (κ2) is 5.70. The van der Waals surface area contributed by atoms with Crippen molar-refractivity contribution in [2.24, 2.45) is 0 Å². The minimum absolute atomic E-state index is 0.149. The monoisotopic (exact) mass is 308 g/mol. The lowest BCUT2D eigenvalue weighted by molar-refractivity contribution is -0.134. The average molecular weight is 308 g/mol. The molecule has 2 N–H and O–H groups in total. The quantitative estimate of drug-likeness (QED) is 0.847. The highest BCUT2D eigenvalue weighted by molar-refractivity contribution is 5.83. The SMILES string of the molecule is O=C(C1Cc2ccccc2CN1)N1CCc2ccc(O)cc2C1. The zero-order valence-electron chi connectivity index (χ0n) is 13.0. The van der Waals surface area contributed by atoms with Gasteiger partial charge < -0.3 is 15.3 Å². The van der Waals surface area contributed by atoms with Gasteiger partial charge in [-0.25, -0.2) is 0 Å². The van der Waals surface area contributed by atoms with Crippen LogP contribution in [0.1, 0.15) is 22.3 Å². The Morgan fingerprint density at radius 1 is 1.09 bits per heavy atom. The van der Waals surface area contributed by atoms with Crippen LogP contribution < -0.4 is 5.32 Å². The fourth-order valence-corrected chi connectivity index (χ4v) is 3.58. The Kier molecular flexibility index (Phi) is 3.54. The molecule has 4 heteroatoms. The van der Waals surface area contributed by atoms with Crippen molar-refractivity contribution < 1.29 is 9.90 Å². The molecule has 23 heavy (non-hydrogen) atoms. The fraction of sp³-hybridized carbons (Fsp3) is 0.316. The molecule has 2 aromatic carbocycles. The van der Waals surface area contributed by atoms with Crippen LogP contribution in [0.3, 0.4) is 0 Å². The van der Waals surface area contributed by atoms with Crippen molar-refractivity contribution in [1.29, 1.82) is 0 Å². The second-order valence-electron chi connectivity index (χ2n) is 6.37. The third-order valence-electron chi connectivity index (χ3n) is 4.89. The number of carbonyl (C=O) groups excluding carboxylic acids is 1. The van der Waals surface area contributed by atoms with Gasteiger partial charge in [0.05, 0.1) is 6.04 Å². The van der Waals surface area contributed by atoms with E-state index in [1.54, 1.807) is 12.1 Å². The molecule has 2 aliphatic heterocycles. The molecule has 0 spiro atoms. The van der Waals surface area contributed by atoms with Gasteiger partial charge in [0.1, 0.15) is 5.75 Å². The van der Waals surface area contributed by atoms with Crippen molar-refractivity contribution in [1.82, 2.24) is 10.2 Å². The highest BCUT2D eigenvalue weighted by Gasteiger charge is 2.29. The summed E-state index contributed by atoms with van der Waals surface area (Å²) in [6.07, 6.45) is 1.60. The van der Waals surface area contributed by atoms with E-state index in [2.05, 4.69) is 17.4 Å². The maximum atomic E-state index is 12.9. The molecular formula is C19H20N2O2. The fourth-order valence-electron chi connectivity index (χ4n) is 3.58. The topological polar surface area (TPSA) is 52.6 Å². The molecule has 0 radical (unpaired) electrons. The van der Waals surface area contributed by atoms with E-state index >= 15 is 0 Å². The van der Waals surface area contributed by atoms with Gasteiger partial charge in [0.2, 0.25) is 5.91 Å². The number of hydrogen-bond donors (Lipinski definition) is 2. The van der Waals surface area contributed by atoms with Crippen LogP contribution in [-0.4, -0.2) is 28.5 Å². The lowest BCUT2D eigenvalue weighted by Crippen LogP contribution is -2.50. The zero-order valence-corrected chi connectivity index (χ0v) is 13.0. The number of rotatable bonds is 1. The highest BCUT2D eigenvalue weighted by Crippen LogP contribution is 2.25. The van der Waals surface area contributed by atoms with Crippen LogP contribution in [0.15, 0.2) is 42.5 Å². The van der Waals surface area contributed by atoms with Gasteiger partial charge in [-0.1, -0.05) is 30.3 Å². The lowest BCUT2D eigenvalue weighted by Gasteiger charge is -2.34. The Hall–Kier alpha value is -2.33. The van der Waals surface area contributed by atoms with Crippen LogP contribution in [0, 0.1) is 0 Å². The molecule has 2 aromatic rings. The molecule has 0 bridgehead atoms. The van der Waals surface area contributed by atoms with E-state index in [0.29, 0.717) is 6.54 Å². The number of carbonyl (C=O) groups is 1. The number of phenols is 1. The molecule has 2 aliphatic rings. The standard InChI is InChI=1S/C19H20N2O2/c22-17-6-5-13-7-8-21(12-16(13)9-17)19(23)18-10-14-3-1-2-4-15(14)11-20-18/h1-6,9,18,20,22H,7-8,10-12H2. The molecule has 118 valence electrons. The average Bonchev–Trinajstić information content (AvgIpc) is 2.60. The normalized spacial score (nSPS) is 19.8. The van der Waals surface area contributed by atoms with Crippen LogP contribution in [0.25, 0.3) is 0 Å². The molecule has 1 atom stereocenters. The van der Waals surface area contributed by atoms with E-state index in [0.717, 1.165) is 31.5 Å². The van der Waals surface area contributed by atoms with Crippen molar-refractivity contribution in [3.05, 3.63) is 64.7 Å². The third-order valence-corrected chi connectivity index (χ3v) is 4.89. The molecule has 0 saturated carbocycles. The number of nitrogens with zero attached hydrogens (tertiary/aromatic N) is 1. The summed E-state index contributed by atoms with van der Waals surface area (Å²) in [5.74, 6) is 0.427. The summed E-state index contributed by atoms with van der Waals surface area (Å²) in [6, 6.07) is 13.6. The third kappa shape index (κ3) is 2.70. The number of fused-ring (bicyclic) bond motifs is 2. The molecule has 0 aliphatic carbocycles. The van der Waals surface area contributed by atoms with E-state index in [-0.39, 0.29) is 17.7 Å². The lowest BCUT2D eigenvalue weighted by atomic mass is 9.94. The molecule has 1 unspecified atom stereocenters. The Balaban J connectivity index is 1.50. The van der Waals surface area contributed by atoms with Gasteiger partial charge in [0.25, 0.3) is 0 Å². The molecule has 4 rings (SSSR count). The summed E-state index contributed by atoms with van der Waals surface area (Å²) in [6.45, 7) is 2.08. The second-order valence-corrected chi connectivity index (χ2v) is 6.37. The predicted octanol–water partition coefficient (Wildman–Crippen LogP) is 1.99. The van der Waals surface area contributed by atoms with Crippen molar-refractivity contribution in [3.63, 3.8) is 0 Å². The smallest absolute Gasteiger partial charge is 0.240 e. The Bertz CT molecular complexity index is 757. The van der Waals surface area contributed by atoms with Crippen molar-refractivity contribution >= 4 is 5.91 Å². The predicted molar refractivity (Wildman–Crippen MR) is 88.0 cm³/mol. The van der Waals surface area contributed by atoms with E-state index in [9.17, 15) is 9.90 Å². The van der Waals surface area contributed by atoms with Gasteiger partial charge in [-0.3, -0.25) is 4.79 Å². The van der Waals surface area contributed by atoms with E-state index < -0.39 is 0 Å². The number of benzene rings is 2. The maximum Gasteiger partial charge on any atom is 0.240 e. The summed E-state index contributed by atoms with van der Waals surface area (Å²) < 4.78 is 0. The van der Waals surface area contributed by atoms with Crippen molar-refractivity contribution in [2.45, 2.75) is 32.0 Å². The van der Waals surface area contributed by atoms with E-state index in [1.165, 1.54) is 16.7 Å². The first-order valence-electron chi connectivity index (χ1n) is 8.10. The summed E-state index contributed by atoms with van der Waals surface area (Å²) in [5.41, 5.74) is 4.83. The zero-order chi connectivity index (χ0) is 15.8. The van der Waals surface area contributed by atoms with E-state index in [1.807, 2.05) is 23.1 Å². The van der Waals surface area contributed by atoms with Crippen molar-refractivity contribution in [3.8, 4) is 5.75 Å². The first-order valence-corrected chi connectivity index (χ1v) is 8.10. The van der Waals surface area contributed by atoms with Gasteiger partial charge in [-0.15, -0.1) is 0 Å². The number of nitrogens with one attached hydrogen (secondary N) is 1. The van der Waals surface area contributed by atoms with Gasteiger partial charge in [0, 0.05) is 19.6 Å². The molecule has 0 aromatic heterocycles. The van der Waals surface area contributed by atoms with Crippen LogP contribution in [0.2, 0.25) is 0 Å². The summed E-state index contributed by atoms with van der Waals surface area (Å²) in [4.78, 5) is 14.8. The van der Waals surface area contributed by atoms with Crippen LogP contribution in [-0.2, 0) is 30.7 Å². The minimum atomic E-state index is -0.149. The summed E-state index contributed by atoms with van der Waals surface area (Å²) in [7, 11) is 0. The molecule has 4 nitrogen and oxygen atoms in total. The minimum Gasteiger partial charge on any atom is -0.508 e. The van der Waals surface area contributed by atoms with Crippen LogP contribution in [0.4, 0.5) is 0 Å². The van der Waals surface area contributed by atoms with Gasteiger partial charge in [-0.05, 0) is 47.2 Å². The largest absolute Gasteiger partial charge is 0.508 e. The first kappa shape index (κ1) is 14.3. The number of amides is 1. The Morgan fingerprint density at radius 3 is 2.78 bits per heavy atom.